The average Bonchev–Trinajstić information content (AvgIpc) is 2.88. The summed E-state index contributed by atoms with van der Waals surface area (Å²) in [5, 5.41) is 4.51. The van der Waals surface area contributed by atoms with Gasteiger partial charge in [0.1, 0.15) is 5.82 Å². The first kappa shape index (κ1) is 21.1. The molecular formula is C23H17F3N4O2. The Bertz CT molecular complexity index is 1250. The van der Waals surface area contributed by atoms with Gasteiger partial charge in [-0.15, -0.1) is 0 Å². The van der Waals surface area contributed by atoms with Crippen LogP contribution in [-0.4, -0.2) is 30.9 Å². The summed E-state index contributed by atoms with van der Waals surface area (Å²) >= 11 is 0. The number of carbonyl (C=O) groups is 2. The smallest absolute Gasteiger partial charge is 0.311 e. The molecule has 0 fully saturated rings. The Kier molecular flexibility index (Phi) is 5.63. The molecule has 6 nitrogen and oxygen atoms in total. The molecule has 3 amide bonds. The van der Waals surface area contributed by atoms with Crippen LogP contribution < -0.4 is 15.5 Å². The summed E-state index contributed by atoms with van der Waals surface area (Å²) in [5.41, 5.74) is 0.873. The van der Waals surface area contributed by atoms with E-state index in [1.165, 1.54) is 42.3 Å². The van der Waals surface area contributed by atoms with E-state index >= 15 is 0 Å². The average molecular weight is 438 g/mol. The Morgan fingerprint density at radius 3 is 2.31 bits per heavy atom. The number of carbonyl (C=O) groups excluding carboxylic acids is 2. The Morgan fingerprint density at radius 2 is 1.56 bits per heavy atom. The van der Waals surface area contributed by atoms with Gasteiger partial charge in [-0.2, -0.15) is 0 Å². The van der Waals surface area contributed by atoms with Crippen LogP contribution in [0.4, 0.5) is 29.3 Å². The molecule has 1 unspecified atom stereocenters. The maximum absolute atomic E-state index is 14.6. The van der Waals surface area contributed by atoms with Crippen molar-refractivity contribution < 1.29 is 22.8 Å². The van der Waals surface area contributed by atoms with Crippen LogP contribution in [0.1, 0.15) is 11.1 Å². The first-order valence-corrected chi connectivity index (χ1v) is 9.58. The van der Waals surface area contributed by atoms with Crippen molar-refractivity contribution in [3.63, 3.8) is 0 Å². The van der Waals surface area contributed by atoms with Crippen LogP contribution in [0.3, 0.4) is 0 Å². The SMILES string of the molecule is CN1C(=O)C(NC(=O)Nc2cccc(F)c2F)N=C(c2ccccc2F)c2ccccc21. The normalized spacial score (nSPS) is 15.5. The van der Waals surface area contributed by atoms with Gasteiger partial charge in [-0.3, -0.25) is 4.79 Å². The molecule has 0 saturated heterocycles. The van der Waals surface area contributed by atoms with Crippen molar-refractivity contribution >= 4 is 29.0 Å². The van der Waals surface area contributed by atoms with Crippen LogP contribution in [0.15, 0.2) is 71.7 Å². The lowest BCUT2D eigenvalue weighted by atomic mass is 10.00. The topological polar surface area (TPSA) is 73.8 Å². The van der Waals surface area contributed by atoms with Crippen LogP contribution in [0.5, 0.6) is 0 Å². The van der Waals surface area contributed by atoms with Gasteiger partial charge >= 0.3 is 6.03 Å². The quantitative estimate of drug-likeness (QED) is 0.647. The van der Waals surface area contributed by atoms with Crippen molar-refractivity contribution in [1.29, 1.82) is 0 Å². The third-order valence-electron chi connectivity index (χ3n) is 4.94. The molecule has 3 aromatic rings. The molecule has 1 aliphatic heterocycles. The van der Waals surface area contributed by atoms with E-state index in [1.54, 1.807) is 30.3 Å². The maximum Gasteiger partial charge on any atom is 0.321 e. The van der Waals surface area contributed by atoms with Crippen molar-refractivity contribution in [3.8, 4) is 0 Å². The highest BCUT2D eigenvalue weighted by Crippen LogP contribution is 2.28. The number of nitrogens with zero attached hydrogens (tertiary/aromatic N) is 2. The number of rotatable bonds is 3. The number of benzene rings is 3. The van der Waals surface area contributed by atoms with Gasteiger partial charge in [0.15, 0.2) is 11.6 Å². The van der Waals surface area contributed by atoms with E-state index in [0.29, 0.717) is 11.3 Å². The first-order valence-electron chi connectivity index (χ1n) is 9.58. The molecule has 4 rings (SSSR count). The van der Waals surface area contributed by atoms with Crippen molar-refractivity contribution in [2.75, 3.05) is 17.3 Å². The van der Waals surface area contributed by atoms with Crippen molar-refractivity contribution in [2.24, 2.45) is 4.99 Å². The highest BCUT2D eigenvalue weighted by atomic mass is 19.2. The van der Waals surface area contributed by atoms with Gasteiger partial charge in [0.25, 0.3) is 5.91 Å². The minimum absolute atomic E-state index is 0.145. The lowest BCUT2D eigenvalue weighted by molar-refractivity contribution is -0.119. The summed E-state index contributed by atoms with van der Waals surface area (Å²) in [7, 11) is 1.50. The second-order valence-electron chi connectivity index (χ2n) is 6.97. The van der Waals surface area contributed by atoms with Gasteiger partial charge in [0.2, 0.25) is 6.17 Å². The molecule has 0 saturated carbocycles. The minimum atomic E-state index is -1.45. The largest absolute Gasteiger partial charge is 0.321 e. The van der Waals surface area contributed by atoms with Crippen molar-refractivity contribution in [1.82, 2.24) is 5.32 Å². The molecule has 162 valence electrons. The second kappa shape index (κ2) is 8.54. The van der Waals surface area contributed by atoms with E-state index in [1.807, 2.05) is 0 Å². The Hall–Kier alpha value is -4.14. The molecular weight excluding hydrogens is 421 g/mol. The van der Waals surface area contributed by atoms with Crippen LogP contribution in [0.25, 0.3) is 0 Å². The van der Waals surface area contributed by atoms with Gasteiger partial charge in [-0.05, 0) is 30.3 Å². The van der Waals surface area contributed by atoms with E-state index in [4.69, 9.17) is 0 Å². The summed E-state index contributed by atoms with van der Waals surface area (Å²) < 4.78 is 41.9. The first-order chi connectivity index (χ1) is 15.4. The molecule has 2 N–H and O–H groups in total. The molecule has 3 aromatic carbocycles. The van der Waals surface area contributed by atoms with Crippen LogP contribution in [0.2, 0.25) is 0 Å². The Balaban J connectivity index is 1.72. The molecule has 9 heteroatoms. The fourth-order valence-electron chi connectivity index (χ4n) is 3.37. The number of aliphatic imine (C=N–C) groups is 1. The third-order valence-corrected chi connectivity index (χ3v) is 4.94. The molecule has 0 spiro atoms. The molecule has 1 aliphatic rings. The fourth-order valence-corrected chi connectivity index (χ4v) is 3.37. The molecule has 0 aromatic heterocycles. The predicted molar refractivity (Wildman–Crippen MR) is 114 cm³/mol. The van der Waals surface area contributed by atoms with Gasteiger partial charge in [-0.25, -0.2) is 23.0 Å². The van der Waals surface area contributed by atoms with Gasteiger partial charge in [0.05, 0.1) is 17.1 Å². The second-order valence-corrected chi connectivity index (χ2v) is 6.97. The van der Waals surface area contributed by atoms with E-state index < -0.39 is 41.2 Å². The summed E-state index contributed by atoms with van der Waals surface area (Å²) in [6.45, 7) is 0. The molecule has 0 bridgehead atoms. The summed E-state index contributed by atoms with van der Waals surface area (Å²) in [4.78, 5) is 31.1. The molecule has 1 atom stereocenters. The van der Waals surface area contributed by atoms with E-state index in [-0.39, 0.29) is 11.3 Å². The number of likely N-dealkylation sites (N-methyl/N-ethyl adjacent to an activating group) is 1. The standard InChI is InChI=1S/C23H17F3N4O2/c1-30-18-12-5-3-8-14(18)20(13-7-2-4-9-15(13)24)28-21(22(30)31)29-23(32)27-17-11-6-10-16(25)19(17)26/h2-12,21H,1H3,(H2,27,29,32). The molecule has 1 heterocycles. The number of hydrogen-bond acceptors (Lipinski definition) is 3. The monoisotopic (exact) mass is 438 g/mol. The number of amides is 3. The number of urea groups is 1. The number of halogens is 3. The lowest BCUT2D eigenvalue weighted by Crippen LogP contribution is -2.47. The number of nitrogens with one attached hydrogen (secondary N) is 2. The highest BCUT2D eigenvalue weighted by Gasteiger charge is 2.31. The zero-order valence-electron chi connectivity index (χ0n) is 16.8. The fraction of sp³-hybridized carbons (Fsp3) is 0.0870. The maximum atomic E-state index is 14.6. The zero-order chi connectivity index (χ0) is 22.8. The number of hydrogen-bond donors (Lipinski definition) is 2. The van der Waals surface area contributed by atoms with Gasteiger partial charge < -0.3 is 15.5 Å². The van der Waals surface area contributed by atoms with E-state index in [0.717, 1.165) is 6.07 Å². The van der Waals surface area contributed by atoms with Crippen LogP contribution in [-0.2, 0) is 4.79 Å². The van der Waals surface area contributed by atoms with Gasteiger partial charge in [-0.1, -0.05) is 36.4 Å². The predicted octanol–water partition coefficient (Wildman–Crippen LogP) is 4.07. The minimum Gasteiger partial charge on any atom is -0.311 e. The molecule has 0 aliphatic carbocycles. The third kappa shape index (κ3) is 3.92. The number of para-hydroxylation sites is 1. The summed E-state index contributed by atoms with van der Waals surface area (Å²) in [6.07, 6.45) is -1.45. The van der Waals surface area contributed by atoms with Crippen LogP contribution >= 0.6 is 0 Å². The van der Waals surface area contributed by atoms with Crippen LogP contribution in [0, 0.1) is 17.5 Å². The Labute approximate surface area is 181 Å². The molecule has 32 heavy (non-hydrogen) atoms. The van der Waals surface area contributed by atoms with Crippen molar-refractivity contribution in [3.05, 3.63) is 95.3 Å². The zero-order valence-corrected chi connectivity index (χ0v) is 16.8. The summed E-state index contributed by atoms with van der Waals surface area (Å²) in [6, 6.07) is 15.1. The Morgan fingerprint density at radius 1 is 0.906 bits per heavy atom. The van der Waals surface area contributed by atoms with Gasteiger partial charge in [0, 0.05) is 18.2 Å². The van der Waals surface area contributed by atoms with E-state index in [9.17, 15) is 22.8 Å². The molecule has 0 radical (unpaired) electrons. The number of benzodiazepines with no additional fused rings is 1. The summed E-state index contributed by atoms with van der Waals surface area (Å²) in [5.74, 6) is -3.53. The lowest BCUT2D eigenvalue weighted by Gasteiger charge is -2.21. The van der Waals surface area contributed by atoms with Crippen molar-refractivity contribution in [2.45, 2.75) is 6.17 Å². The highest BCUT2D eigenvalue weighted by molar-refractivity contribution is 6.20. The number of fused-ring (bicyclic) bond motifs is 1. The van der Waals surface area contributed by atoms with E-state index in [2.05, 4.69) is 15.6 Å². The number of anilines is 2.